The largest absolute Gasteiger partial charge is 0.0622 e. The number of fused-ring (bicyclic) bond motifs is 10. The number of hydrogen-bond donors (Lipinski definition) is 0. The lowest BCUT2D eigenvalue weighted by Gasteiger charge is -2.50. The van der Waals surface area contributed by atoms with Gasteiger partial charge in [-0.15, -0.1) is 0 Å². The van der Waals surface area contributed by atoms with Gasteiger partial charge in [0, 0.05) is 220 Å². The second-order valence-corrected chi connectivity index (χ2v) is 25.9. The minimum Gasteiger partial charge on any atom is -0.0622 e. The Labute approximate surface area is 556 Å². The molecule has 33 radical (unpaired) electrons. The first-order valence-electron chi connectivity index (χ1n) is 30.7. The van der Waals surface area contributed by atoms with Gasteiger partial charge in [0.05, 0.1) is 0 Å². The highest BCUT2D eigenvalue weighted by atomic mass is 14.3. The first kappa shape index (κ1) is 65.7. The molecule has 0 N–H and O–H groups in total. The quantitative estimate of drug-likeness (QED) is 0.0902. The minimum absolute atomic E-state index is 0.0593. The van der Waals surface area contributed by atoms with Gasteiger partial charge in [0.15, 0.2) is 0 Å². The summed E-state index contributed by atoms with van der Waals surface area (Å²) in [6, 6.07) is 62.4. The van der Waals surface area contributed by atoms with Crippen LogP contribution in [0.3, 0.4) is 0 Å². The van der Waals surface area contributed by atoms with Crippen molar-refractivity contribution < 1.29 is 0 Å². The topological polar surface area (TPSA) is 0 Å². The van der Waals surface area contributed by atoms with Crippen molar-refractivity contribution in [2.24, 2.45) is 0 Å². The van der Waals surface area contributed by atoms with E-state index in [4.69, 9.17) is 124 Å². The zero-order valence-electron chi connectivity index (χ0n) is 51.5. The smallest absolute Gasteiger partial charge is 0 e. The molecule has 31 heteroatoms. The summed E-state index contributed by atoms with van der Waals surface area (Å²) in [5.74, 6) is 0. The van der Waals surface area contributed by atoms with Crippen LogP contribution in [0.15, 0.2) is 164 Å². The Kier molecular flexibility index (Phi) is 19.4. The van der Waals surface area contributed by atoms with E-state index in [9.17, 15) is 0 Å². The van der Waals surface area contributed by atoms with Gasteiger partial charge in [0.2, 0.25) is 0 Å². The van der Waals surface area contributed by atoms with Crippen LogP contribution >= 0.6 is 0 Å². The van der Waals surface area contributed by atoms with E-state index < -0.39 is 89.4 Å². The van der Waals surface area contributed by atoms with Gasteiger partial charge in [-0.05, 0) is 180 Å². The number of benzene rings is 10. The van der Waals surface area contributed by atoms with E-state index in [-0.39, 0.29) is 5.41 Å². The van der Waals surface area contributed by atoms with Crippen molar-refractivity contribution in [2.45, 2.75) is 40.0 Å². The standard InChI is InChI=1S/C58H42.B31/c1-33-15-12-16-34(2)50(33)38-26-25-37-29-48-54-41(45(37)30-38)21-13-24-44(54)56-51(35-17-8-6-9-18-35)49-32-47-40-28-27-39(58(3,4)5)31-46(40)42-22-14-23-43(53(42)47)55(49)52(57(48)56)36-19-10-7-11-20-36;1-17-25(16)29(24(14)15)31(28(22(10)11)23(12)13)30(26(18(2)3)19(4)5)27(20(6)7)21(8)9/h6-32H,1-5H3;. The van der Waals surface area contributed by atoms with Gasteiger partial charge in [-0.25, -0.2) is 0 Å². The average molecular weight is 1070 g/mol. The van der Waals surface area contributed by atoms with Crippen LogP contribution < -0.4 is 0 Å². The fourth-order valence-electron chi connectivity index (χ4n) is 15.5. The van der Waals surface area contributed by atoms with E-state index in [0.717, 1.165) is 0 Å². The lowest BCUT2D eigenvalue weighted by Crippen LogP contribution is -2.89. The third-order valence-corrected chi connectivity index (χ3v) is 19.3. The van der Waals surface area contributed by atoms with Gasteiger partial charge >= 0.3 is 0 Å². The molecule has 0 saturated carbocycles. The summed E-state index contributed by atoms with van der Waals surface area (Å²) in [6.45, 7) is 11.4. The third-order valence-electron chi connectivity index (χ3n) is 19.3. The first-order chi connectivity index (χ1) is 42.4. The summed E-state index contributed by atoms with van der Waals surface area (Å²) in [5.41, 5.74) is 11.8. The van der Waals surface area contributed by atoms with Gasteiger partial charge in [-0.2, -0.15) is 0 Å². The minimum atomic E-state index is -1.07. The van der Waals surface area contributed by atoms with Crippen LogP contribution in [0.4, 0.5) is 0 Å². The summed E-state index contributed by atoms with van der Waals surface area (Å²) >= 11 is 0. The Bertz CT molecular complexity index is 4460. The van der Waals surface area contributed by atoms with Gasteiger partial charge in [-0.3, -0.25) is 0 Å². The zero-order valence-corrected chi connectivity index (χ0v) is 51.5. The Balaban J connectivity index is 0.000000226. The fraction of sp³-hybridized carbons (Fsp3) is 0.103. The molecule has 0 aromatic heterocycles. The van der Waals surface area contributed by atoms with Gasteiger partial charge in [0.25, 0.3) is 0 Å². The van der Waals surface area contributed by atoms with E-state index in [1.165, 1.54) is 143 Å². The molecule has 0 aliphatic rings. The molecule has 367 valence electrons. The molecule has 0 saturated heterocycles. The molecule has 89 heavy (non-hydrogen) atoms. The van der Waals surface area contributed by atoms with E-state index in [1.807, 2.05) is 0 Å². The monoisotopic (exact) mass is 1080 g/mol. The number of rotatable bonds is 17. The summed E-state index contributed by atoms with van der Waals surface area (Å²) in [5, 5.41) is 21.3. The van der Waals surface area contributed by atoms with Crippen LogP contribution in [-0.2, 0) is 5.41 Å². The molecule has 0 atom stereocenters. The molecule has 0 nitrogen and oxygen atoms in total. The van der Waals surface area contributed by atoms with Crippen LogP contribution in [0.2, 0.25) is 0 Å². The van der Waals surface area contributed by atoms with E-state index in [0.29, 0.717) is 0 Å². The summed E-state index contributed by atoms with van der Waals surface area (Å²) in [4.78, 5) is 0. The summed E-state index contributed by atoms with van der Waals surface area (Å²) in [6.07, 6.45) is -13.4. The molecule has 0 bridgehead atoms. The van der Waals surface area contributed by atoms with Crippen molar-refractivity contribution >= 4 is 306 Å². The van der Waals surface area contributed by atoms with E-state index in [1.54, 1.807) is 0 Å². The van der Waals surface area contributed by atoms with Crippen LogP contribution in [0.25, 0.3) is 120 Å². The van der Waals surface area contributed by atoms with Crippen molar-refractivity contribution in [3.8, 4) is 33.4 Å². The Morgan fingerprint density at radius 1 is 0.292 bits per heavy atom. The highest BCUT2D eigenvalue weighted by Crippen LogP contribution is 2.55. The maximum Gasteiger partial charge on any atom is 0 e. The predicted octanol–water partition coefficient (Wildman–Crippen LogP) is 4.90. The van der Waals surface area contributed by atoms with Crippen molar-refractivity contribution in [2.75, 3.05) is 0 Å². The van der Waals surface area contributed by atoms with Crippen molar-refractivity contribution in [3.63, 3.8) is 0 Å². The molecule has 0 amide bonds. The molecule has 12 aromatic carbocycles. The molecule has 0 aliphatic heterocycles. The second kappa shape index (κ2) is 26.3. The second-order valence-electron chi connectivity index (χ2n) is 25.9. The Morgan fingerprint density at radius 3 is 1.25 bits per heavy atom. The summed E-state index contributed by atoms with van der Waals surface area (Å²) in [7, 11) is 98.1. The molecule has 0 aliphatic carbocycles. The SMILES string of the molecule is Cc1cccc(C)c1-c1ccc2cc3c4c(-c5ccccc5)c5c(cc6c7ccc(C(C)(C)C)cc7c7cccc5c76)c(-c5ccccc5)c4c4cccc(c2c1)c43.[B][B]B([B])B(B([B])[B])B(B(B([B])[B])B([B])[B])B(B(B([B])[B])B([B])[B])B(B([B])[B])B([B])[B]. The fourth-order valence-corrected chi connectivity index (χ4v) is 15.5. The molecular weight excluding hydrogens is 1030 g/mol. The van der Waals surface area contributed by atoms with Gasteiger partial charge in [0.1, 0.15) is 0 Å². The highest BCUT2D eigenvalue weighted by Gasteiger charge is 2.53. The number of hydrogen-bond acceptors (Lipinski definition) is 0. The van der Waals surface area contributed by atoms with E-state index in [2.05, 4.69) is 198 Å². The summed E-state index contributed by atoms with van der Waals surface area (Å²) < 4.78 is 0. The highest BCUT2D eigenvalue weighted by molar-refractivity contribution is 8.28. The molecule has 12 aromatic rings. The van der Waals surface area contributed by atoms with Crippen LogP contribution in [-0.4, -0.2) is 220 Å². The normalized spacial score (nSPS) is 11.5. The predicted molar refractivity (Wildman–Crippen MR) is 432 cm³/mol. The maximum atomic E-state index is 6.25. The molecule has 0 heterocycles. The lowest BCUT2D eigenvalue weighted by molar-refractivity contribution is 0.591. The maximum absolute atomic E-state index is 6.25. The number of aryl methyl sites for hydroxylation is 2. The third kappa shape index (κ3) is 11.9. The molecule has 12 rings (SSSR count). The van der Waals surface area contributed by atoms with Crippen molar-refractivity contribution in [1.82, 2.24) is 0 Å². The van der Waals surface area contributed by atoms with Gasteiger partial charge < -0.3 is 0 Å². The van der Waals surface area contributed by atoms with Crippen LogP contribution in [0, 0.1) is 13.8 Å². The first-order valence-corrected chi connectivity index (χ1v) is 30.7. The average Bonchev–Trinajstić information content (AvgIpc) is 1.56. The Morgan fingerprint density at radius 2 is 0.742 bits per heavy atom. The molecule has 0 fully saturated rings. The lowest BCUT2D eigenvalue weighted by atomic mass is 8.31. The van der Waals surface area contributed by atoms with Crippen LogP contribution in [0.5, 0.6) is 0 Å². The van der Waals surface area contributed by atoms with Gasteiger partial charge in [-0.1, -0.05) is 160 Å². The Hall–Kier alpha value is -4.75. The molecular formula is C58H42B31. The van der Waals surface area contributed by atoms with Crippen molar-refractivity contribution in [1.29, 1.82) is 0 Å². The molecule has 0 spiro atoms. The van der Waals surface area contributed by atoms with Crippen LogP contribution in [0.1, 0.15) is 37.5 Å². The van der Waals surface area contributed by atoms with E-state index >= 15 is 0 Å². The van der Waals surface area contributed by atoms with Crippen molar-refractivity contribution in [3.05, 3.63) is 180 Å². The zero-order chi connectivity index (χ0) is 63.8. The molecule has 0 unspecified atom stereocenters.